The summed E-state index contributed by atoms with van der Waals surface area (Å²) >= 11 is 0. The van der Waals surface area contributed by atoms with E-state index in [0.717, 1.165) is 69.4 Å². The van der Waals surface area contributed by atoms with Crippen LogP contribution < -0.4 is 9.80 Å². The minimum Gasteiger partial charge on any atom is -0.369 e. The van der Waals surface area contributed by atoms with Gasteiger partial charge < -0.3 is 19.6 Å². The summed E-state index contributed by atoms with van der Waals surface area (Å²) < 4.78 is 0. The van der Waals surface area contributed by atoms with Gasteiger partial charge in [-0.3, -0.25) is 0 Å². The molecular formula is C23H32N6. The smallest absolute Gasteiger partial charge is 0.161 e. The van der Waals surface area contributed by atoms with Crippen molar-refractivity contribution in [2.75, 3.05) is 75.8 Å². The van der Waals surface area contributed by atoms with E-state index in [0.29, 0.717) is 0 Å². The van der Waals surface area contributed by atoms with Gasteiger partial charge in [0.05, 0.1) is 0 Å². The summed E-state index contributed by atoms with van der Waals surface area (Å²) in [6.45, 7) is 10.3. The second-order valence-corrected chi connectivity index (χ2v) is 8.67. The number of hydrogen-bond acceptors (Lipinski definition) is 6. The lowest BCUT2D eigenvalue weighted by Gasteiger charge is -2.34. The SMILES string of the molecule is CN1CCN(c2ccc(-c3ncc4c(n3)N(CCN3CCCC3)CC4)cc2)CC1. The lowest BCUT2D eigenvalue weighted by molar-refractivity contribution is 0.313. The Hall–Kier alpha value is -2.18. The number of rotatable bonds is 5. The van der Waals surface area contributed by atoms with Crippen molar-refractivity contribution >= 4 is 11.5 Å². The highest BCUT2D eigenvalue weighted by atomic mass is 15.3. The van der Waals surface area contributed by atoms with Gasteiger partial charge in [-0.1, -0.05) is 0 Å². The number of anilines is 2. The Labute approximate surface area is 174 Å². The third-order valence-electron chi connectivity index (χ3n) is 6.67. The van der Waals surface area contributed by atoms with Crippen molar-refractivity contribution in [3.8, 4) is 11.4 Å². The molecule has 0 spiro atoms. The lowest BCUT2D eigenvalue weighted by Crippen LogP contribution is -2.44. The van der Waals surface area contributed by atoms with E-state index in [1.165, 1.54) is 37.2 Å². The van der Waals surface area contributed by atoms with Gasteiger partial charge in [0.2, 0.25) is 0 Å². The molecule has 2 aromatic rings. The molecule has 0 unspecified atom stereocenters. The molecule has 0 amide bonds. The van der Waals surface area contributed by atoms with Gasteiger partial charge in [0, 0.05) is 68.8 Å². The first-order chi connectivity index (χ1) is 14.3. The molecule has 0 N–H and O–H groups in total. The first-order valence-corrected chi connectivity index (χ1v) is 11.1. The van der Waals surface area contributed by atoms with Crippen LogP contribution >= 0.6 is 0 Å². The molecule has 154 valence electrons. The molecule has 0 atom stereocenters. The van der Waals surface area contributed by atoms with E-state index in [-0.39, 0.29) is 0 Å². The number of nitrogens with zero attached hydrogens (tertiary/aromatic N) is 6. The van der Waals surface area contributed by atoms with E-state index in [1.807, 2.05) is 6.20 Å². The van der Waals surface area contributed by atoms with E-state index >= 15 is 0 Å². The third kappa shape index (κ3) is 4.09. The van der Waals surface area contributed by atoms with Crippen LogP contribution in [-0.4, -0.2) is 85.7 Å². The number of aromatic nitrogens is 2. The van der Waals surface area contributed by atoms with Crippen LogP contribution in [0.5, 0.6) is 0 Å². The summed E-state index contributed by atoms with van der Waals surface area (Å²) in [5.74, 6) is 2.00. The summed E-state index contributed by atoms with van der Waals surface area (Å²) in [6.07, 6.45) is 5.82. The maximum Gasteiger partial charge on any atom is 0.161 e. The van der Waals surface area contributed by atoms with E-state index < -0.39 is 0 Å². The Balaban J connectivity index is 1.28. The van der Waals surface area contributed by atoms with Gasteiger partial charge in [-0.15, -0.1) is 0 Å². The standard InChI is InChI=1S/C23H32N6/c1-26-12-15-28(16-13-26)21-6-4-19(5-7-21)22-24-18-20-8-11-29(23(20)25-22)17-14-27-9-2-3-10-27/h4-7,18H,2-3,8-17H2,1H3. The minimum atomic E-state index is 0.849. The maximum absolute atomic E-state index is 4.98. The highest BCUT2D eigenvalue weighted by Gasteiger charge is 2.23. The van der Waals surface area contributed by atoms with Crippen molar-refractivity contribution in [1.29, 1.82) is 0 Å². The minimum absolute atomic E-state index is 0.849. The van der Waals surface area contributed by atoms with Gasteiger partial charge in [-0.25, -0.2) is 9.97 Å². The Bertz CT molecular complexity index is 822. The van der Waals surface area contributed by atoms with Crippen molar-refractivity contribution in [3.05, 3.63) is 36.0 Å². The van der Waals surface area contributed by atoms with Crippen LogP contribution in [0.15, 0.2) is 30.5 Å². The van der Waals surface area contributed by atoms with Crippen molar-refractivity contribution in [1.82, 2.24) is 19.8 Å². The molecule has 3 aliphatic rings. The molecule has 6 nitrogen and oxygen atoms in total. The largest absolute Gasteiger partial charge is 0.369 e. The fourth-order valence-electron chi connectivity index (χ4n) is 4.72. The second kappa shape index (κ2) is 8.28. The number of likely N-dealkylation sites (N-methyl/N-ethyl adjacent to an activating group) is 1. The summed E-state index contributed by atoms with van der Waals surface area (Å²) in [5, 5.41) is 0. The third-order valence-corrected chi connectivity index (χ3v) is 6.67. The second-order valence-electron chi connectivity index (χ2n) is 8.67. The van der Waals surface area contributed by atoms with Crippen LogP contribution in [0.25, 0.3) is 11.4 Å². The number of piperazine rings is 1. The summed E-state index contributed by atoms with van der Waals surface area (Å²) in [7, 11) is 2.19. The van der Waals surface area contributed by atoms with Gasteiger partial charge in [-0.2, -0.15) is 0 Å². The van der Waals surface area contributed by atoms with Crippen LogP contribution in [0.3, 0.4) is 0 Å². The summed E-state index contributed by atoms with van der Waals surface area (Å²) in [5.41, 5.74) is 3.71. The van der Waals surface area contributed by atoms with Gasteiger partial charge in [0.15, 0.2) is 5.82 Å². The molecule has 4 heterocycles. The molecule has 1 aromatic heterocycles. The zero-order chi connectivity index (χ0) is 19.6. The zero-order valence-electron chi connectivity index (χ0n) is 17.6. The molecule has 0 saturated carbocycles. The van der Waals surface area contributed by atoms with Gasteiger partial charge in [0.25, 0.3) is 0 Å². The Morgan fingerprint density at radius 3 is 2.38 bits per heavy atom. The van der Waals surface area contributed by atoms with Crippen molar-refractivity contribution in [3.63, 3.8) is 0 Å². The number of likely N-dealkylation sites (tertiary alicyclic amines) is 1. The molecule has 3 aliphatic heterocycles. The highest BCUT2D eigenvalue weighted by molar-refractivity contribution is 5.63. The molecule has 2 saturated heterocycles. The van der Waals surface area contributed by atoms with E-state index in [9.17, 15) is 0 Å². The number of benzene rings is 1. The number of fused-ring (bicyclic) bond motifs is 1. The molecule has 0 aliphatic carbocycles. The molecule has 29 heavy (non-hydrogen) atoms. The molecule has 2 fully saturated rings. The van der Waals surface area contributed by atoms with Gasteiger partial charge in [0.1, 0.15) is 5.82 Å². The fourth-order valence-corrected chi connectivity index (χ4v) is 4.72. The Morgan fingerprint density at radius 1 is 0.862 bits per heavy atom. The first-order valence-electron chi connectivity index (χ1n) is 11.1. The first kappa shape index (κ1) is 18.8. The van der Waals surface area contributed by atoms with Crippen LogP contribution in [-0.2, 0) is 6.42 Å². The van der Waals surface area contributed by atoms with Crippen LogP contribution in [0.4, 0.5) is 11.5 Å². The average molecular weight is 393 g/mol. The van der Waals surface area contributed by atoms with E-state index in [1.54, 1.807) is 0 Å². The maximum atomic E-state index is 4.98. The molecule has 5 rings (SSSR count). The van der Waals surface area contributed by atoms with Gasteiger partial charge in [-0.05, 0) is 63.7 Å². The predicted octanol–water partition coefficient (Wildman–Crippen LogP) is 2.35. The van der Waals surface area contributed by atoms with Gasteiger partial charge >= 0.3 is 0 Å². The normalized spacial score (nSPS) is 20.4. The molecule has 0 radical (unpaired) electrons. The van der Waals surface area contributed by atoms with Crippen LogP contribution in [0.2, 0.25) is 0 Å². The van der Waals surface area contributed by atoms with Crippen molar-refractivity contribution in [2.24, 2.45) is 0 Å². The fraction of sp³-hybridized carbons (Fsp3) is 0.565. The average Bonchev–Trinajstić information content (AvgIpc) is 3.42. The van der Waals surface area contributed by atoms with Crippen LogP contribution in [0.1, 0.15) is 18.4 Å². The predicted molar refractivity (Wildman–Crippen MR) is 119 cm³/mol. The van der Waals surface area contributed by atoms with Crippen molar-refractivity contribution in [2.45, 2.75) is 19.3 Å². The number of hydrogen-bond donors (Lipinski definition) is 0. The summed E-state index contributed by atoms with van der Waals surface area (Å²) in [6, 6.07) is 8.81. The van der Waals surface area contributed by atoms with E-state index in [4.69, 9.17) is 4.98 Å². The van der Waals surface area contributed by atoms with Crippen LogP contribution in [0, 0.1) is 0 Å². The summed E-state index contributed by atoms with van der Waals surface area (Å²) in [4.78, 5) is 19.5. The molecule has 1 aromatic carbocycles. The quantitative estimate of drug-likeness (QED) is 0.778. The van der Waals surface area contributed by atoms with E-state index in [2.05, 4.69) is 55.9 Å². The Morgan fingerprint density at radius 2 is 1.62 bits per heavy atom. The highest BCUT2D eigenvalue weighted by Crippen LogP contribution is 2.28. The topological polar surface area (TPSA) is 38.7 Å². The molecular weight excluding hydrogens is 360 g/mol. The van der Waals surface area contributed by atoms with Crippen molar-refractivity contribution < 1.29 is 0 Å². The molecule has 6 heteroatoms. The monoisotopic (exact) mass is 392 g/mol. The Kier molecular flexibility index (Phi) is 5.38. The zero-order valence-corrected chi connectivity index (χ0v) is 17.6. The molecule has 0 bridgehead atoms. The lowest BCUT2D eigenvalue weighted by atomic mass is 10.1.